The lowest BCUT2D eigenvalue weighted by Gasteiger charge is -2.02. The Balaban J connectivity index is 3.22. The van der Waals surface area contributed by atoms with Crippen LogP contribution in [0.3, 0.4) is 0 Å². The van der Waals surface area contributed by atoms with E-state index in [1.807, 2.05) is 13.8 Å². The average molecular weight is 183 g/mol. The first-order valence-corrected chi connectivity index (χ1v) is 4.30. The van der Waals surface area contributed by atoms with Crippen LogP contribution in [-0.4, -0.2) is 25.7 Å². The van der Waals surface area contributed by atoms with E-state index in [1.54, 1.807) is 0 Å². The highest BCUT2D eigenvalue weighted by atomic mass is 16.5. The number of allylic oxidation sites excluding steroid dienone is 1. The Hall–Kier alpha value is -1.09. The molecule has 0 amide bonds. The fourth-order valence-corrected chi connectivity index (χ4v) is 0.661. The molecule has 0 saturated carbocycles. The van der Waals surface area contributed by atoms with Crippen molar-refractivity contribution in [2.24, 2.45) is 0 Å². The van der Waals surface area contributed by atoms with Gasteiger partial charge in [0.05, 0.1) is 0 Å². The van der Waals surface area contributed by atoms with E-state index in [0.29, 0.717) is 13.2 Å². The molecule has 0 heterocycles. The number of rotatable bonds is 6. The Morgan fingerprint density at radius 2 is 2.23 bits per heavy atom. The van der Waals surface area contributed by atoms with Crippen LogP contribution in [0.25, 0.3) is 0 Å². The average Bonchev–Trinajstić information content (AvgIpc) is 2.10. The summed E-state index contributed by atoms with van der Waals surface area (Å²) >= 11 is 0. The van der Waals surface area contributed by atoms with E-state index in [2.05, 4.69) is 18.0 Å². The molecule has 0 aliphatic carbocycles. The van der Waals surface area contributed by atoms with E-state index < -0.39 is 0 Å². The summed E-state index contributed by atoms with van der Waals surface area (Å²) < 4.78 is 4.76. The fourth-order valence-electron chi connectivity index (χ4n) is 0.661. The maximum Gasteiger partial charge on any atom is 0.330 e. The fraction of sp³-hybridized carbons (Fsp3) is 0.500. The van der Waals surface area contributed by atoms with E-state index in [4.69, 9.17) is 4.74 Å². The van der Waals surface area contributed by atoms with Gasteiger partial charge in [0.15, 0.2) is 0 Å². The van der Waals surface area contributed by atoms with Gasteiger partial charge in [0.1, 0.15) is 6.61 Å². The Morgan fingerprint density at radius 1 is 1.54 bits per heavy atom. The first-order valence-electron chi connectivity index (χ1n) is 4.30. The second-order valence-corrected chi connectivity index (χ2v) is 2.86. The maximum atomic E-state index is 10.6. The predicted molar refractivity (Wildman–Crippen MR) is 53.5 cm³/mol. The van der Waals surface area contributed by atoms with Gasteiger partial charge in [-0.2, -0.15) is 0 Å². The van der Waals surface area contributed by atoms with Gasteiger partial charge in [0.2, 0.25) is 0 Å². The molecule has 0 radical (unpaired) electrons. The number of ether oxygens (including phenoxy) is 1. The molecule has 0 aromatic carbocycles. The van der Waals surface area contributed by atoms with E-state index in [1.165, 1.54) is 5.57 Å². The minimum absolute atomic E-state index is 0.371. The van der Waals surface area contributed by atoms with Crippen molar-refractivity contribution in [2.45, 2.75) is 13.8 Å². The zero-order chi connectivity index (χ0) is 10.1. The molecule has 3 nitrogen and oxygen atoms in total. The van der Waals surface area contributed by atoms with E-state index in [0.717, 1.165) is 12.6 Å². The summed E-state index contributed by atoms with van der Waals surface area (Å²) in [5.74, 6) is -0.371. The van der Waals surface area contributed by atoms with Gasteiger partial charge in [-0.05, 0) is 13.8 Å². The summed E-state index contributed by atoms with van der Waals surface area (Å²) in [6, 6.07) is 0. The van der Waals surface area contributed by atoms with Crippen LogP contribution in [-0.2, 0) is 9.53 Å². The summed E-state index contributed by atoms with van der Waals surface area (Å²) in [6.07, 6.45) is 3.24. The molecular weight excluding hydrogens is 166 g/mol. The van der Waals surface area contributed by atoms with Crippen molar-refractivity contribution in [3.63, 3.8) is 0 Å². The third-order valence-electron chi connectivity index (χ3n) is 1.34. The molecule has 74 valence electrons. The monoisotopic (exact) mass is 183 g/mol. The van der Waals surface area contributed by atoms with Gasteiger partial charge in [0, 0.05) is 19.2 Å². The van der Waals surface area contributed by atoms with Crippen LogP contribution < -0.4 is 5.32 Å². The number of hydrogen-bond donors (Lipinski definition) is 1. The van der Waals surface area contributed by atoms with E-state index in [9.17, 15) is 4.79 Å². The number of carbonyl (C=O) groups excluding carboxylic acids is 1. The Labute approximate surface area is 79.5 Å². The molecule has 0 aromatic heterocycles. The summed E-state index contributed by atoms with van der Waals surface area (Å²) in [4.78, 5) is 10.6. The van der Waals surface area contributed by atoms with Crippen LogP contribution in [0.1, 0.15) is 13.8 Å². The largest absolute Gasteiger partial charge is 0.461 e. The van der Waals surface area contributed by atoms with Crippen LogP contribution in [0.5, 0.6) is 0 Å². The van der Waals surface area contributed by atoms with Crippen molar-refractivity contribution >= 4 is 5.97 Å². The van der Waals surface area contributed by atoms with Gasteiger partial charge < -0.3 is 10.1 Å². The Morgan fingerprint density at radius 3 is 2.77 bits per heavy atom. The number of nitrogens with one attached hydrogen (secondary N) is 1. The number of esters is 1. The molecule has 0 fully saturated rings. The van der Waals surface area contributed by atoms with Crippen molar-refractivity contribution in [3.8, 4) is 0 Å². The topological polar surface area (TPSA) is 38.3 Å². The third kappa shape index (κ3) is 8.82. The predicted octanol–water partition coefficient (Wildman–Crippen LogP) is 1.27. The molecule has 1 N–H and O–H groups in total. The summed E-state index contributed by atoms with van der Waals surface area (Å²) in [5, 5.41) is 3.11. The van der Waals surface area contributed by atoms with Gasteiger partial charge in [-0.3, -0.25) is 0 Å². The third-order valence-corrected chi connectivity index (χ3v) is 1.34. The normalized spacial score (nSPS) is 9.08. The van der Waals surface area contributed by atoms with E-state index in [-0.39, 0.29) is 5.97 Å². The van der Waals surface area contributed by atoms with Gasteiger partial charge in [-0.1, -0.05) is 18.2 Å². The molecule has 0 unspecified atom stereocenters. The molecule has 0 aliphatic heterocycles. The second kappa shape index (κ2) is 7.55. The van der Waals surface area contributed by atoms with Crippen LogP contribution in [0.15, 0.2) is 24.3 Å². The quantitative estimate of drug-likeness (QED) is 0.292. The molecule has 0 bridgehead atoms. The molecular formula is C10H17NO2. The smallest absolute Gasteiger partial charge is 0.330 e. The molecule has 13 heavy (non-hydrogen) atoms. The lowest BCUT2D eigenvalue weighted by Crippen LogP contribution is -2.21. The van der Waals surface area contributed by atoms with E-state index >= 15 is 0 Å². The number of carbonyl (C=O) groups is 1. The maximum absolute atomic E-state index is 10.6. The van der Waals surface area contributed by atoms with Gasteiger partial charge in [-0.15, -0.1) is 0 Å². The van der Waals surface area contributed by atoms with Gasteiger partial charge in [0.25, 0.3) is 0 Å². The second-order valence-electron chi connectivity index (χ2n) is 2.86. The van der Waals surface area contributed by atoms with Gasteiger partial charge >= 0.3 is 5.97 Å². The first kappa shape index (κ1) is 11.9. The lowest BCUT2D eigenvalue weighted by molar-refractivity contribution is -0.137. The standard InChI is InChI=1S/C10H17NO2/c1-4-10(12)13-8-7-11-6-5-9(2)3/h4-5,11H,1,6-8H2,2-3H3. The SMILES string of the molecule is C=CC(=O)OCCNCC=C(C)C. The summed E-state index contributed by atoms with van der Waals surface area (Å²) in [7, 11) is 0. The molecule has 0 aliphatic rings. The molecule has 3 heteroatoms. The minimum atomic E-state index is -0.371. The van der Waals surface area contributed by atoms with Gasteiger partial charge in [-0.25, -0.2) is 4.79 Å². The zero-order valence-corrected chi connectivity index (χ0v) is 8.30. The summed E-state index contributed by atoms with van der Waals surface area (Å²) in [6.45, 7) is 9.25. The highest BCUT2D eigenvalue weighted by Gasteiger charge is 1.92. The highest BCUT2D eigenvalue weighted by molar-refractivity contribution is 5.81. The van der Waals surface area contributed by atoms with Crippen LogP contribution in [0.4, 0.5) is 0 Å². The highest BCUT2D eigenvalue weighted by Crippen LogP contribution is 1.85. The molecule has 0 aromatic rings. The van der Waals surface area contributed by atoms with Crippen molar-refractivity contribution in [3.05, 3.63) is 24.3 Å². The Bertz CT molecular complexity index is 193. The van der Waals surface area contributed by atoms with Crippen LogP contribution in [0.2, 0.25) is 0 Å². The van der Waals surface area contributed by atoms with Crippen molar-refractivity contribution in [1.29, 1.82) is 0 Å². The van der Waals surface area contributed by atoms with Crippen molar-refractivity contribution < 1.29 is 9.53 Å². The molecule has 0 rings (SSSR count). The van der Waals surface area contributed by atoms with Crippen LogP contribution in [0, 0.1) is 0 Å². The summed E-state index contributed by atoms with van der Waals surface area (Å²) in [5.41, 5.74) is 1.27. The first-order chi connectivity index (χ1) is 6.16. The van der Waals surface area contributed by atoms with Crippen molar-refractivity contribution in [1.82, 2.24) is 5.32 Å². The Kier molecular flexibility index (Phi) is 6.92. The van der Waals surface area contributed by atoms with Crippen LogP contribution >= 0.6 is 0 Å². The minimum Gasteiger partial charge on any atom is -0.461 e. The molecule has 0 spiro atoms. The molecule has 0 saturated heterocycles. The van der Waals surface area contributed by atoms with Crippen molar-refractivity contribution in [2.75, 3.05) is 19.7 Å². The zero-order valence-electron chi connectivity index (χ0n) is 8.30. The number of hydrogen-bond acceptors (Lipinski definition) is 3. The molecule has 0 atom stereocenters. The lowest BCUT2D eigenvalue weighted by atomic mass is 10.3.